The summed E-state index contributed by atoms with van der Waals surface area (Å²) in [6.07, 6.45) is 0. The van der Waals surface area contributed by atoms with Crippen LogP contribution in [0.2, 0.25) is 5.02 Å². The average Bonchev–Trinajstić information content (AvgIpc) is 2.61. The van der Waals surface area contributed by atoms with Crippen LogP contribution in [0.4, 0.5) is 11.4 Å². The number of hydrogen-bond donors (Lipinski definition) is 3. The Morgan fingerprint density at radius 3 is 2.63 bits per heavy atom. The van der Waals surface area contributed by atoms with Crippen LogP contribution in [0.25, 0.3) is 0 Å². The van der Waals surface area contributed by atoms with Crippen LogP contribution in [0.5, 0.6) is 0 Å². The maximum absolute atomic E-state index is 12.9. The molecule has 3 N–H and O–H groups in total. The smallest absolute Gasteiger partial charge is 0.271 e. The Hall–Kier alpha value is -2.97. The lowest BCUT2D eigenvalue weighted by atomic mass is 9.95. The number of anilines is 1. The van der Waals surface area contributed by atoms with E-state index in [1.807, 2.05) is 12.1 Å². The molecule has 3 rings (SSSR count). The zero-order valence-electron chi connectivity index (χ0n) is 14.2. The molecule has 1 aliphatic rings. The van der Waals surface area contributed by atoms with E-state index in [1.54, 1.807) is 25.1 Å². The maximum Gasteiger partial charge on any atom is 0.271 e. The van der Waals surface area contributed by atoms with E-state index in [-0.39, 0.29) is 5.69 Å². The minimum Gasteiger partial charge on any atom is -0.351 e. The van der Waals surface area contributed by atoms with E-state index in [0.717, 1.165) is 5.56 Å². The molecule has 0 spiro atoms. The number of carbonyl (C=O) groups excluding carboxylic acids is 1. The second-order valence-corrected chi connectivity index (χ2v) is 6.73. The molecular formula is C18H15ClN4O3S. The summed E-state index contributed by atoms with van der Waals surface area (Å²) < 4.78 is 0. The van der Waals surface area contributed by atoms with Crippen molar-refractivity contribution in [2.75, 3.05) is 5.32 Å². The maximum atomic E-state index is 12.9. The number of non-ortho nitro benzene ring substituents is 1. The van der Waals surface area contributed by atoms with Gasteiger partial charge in [0, 0.05) is 28.5 Å². The molecule has 9 heteroatoms. The molecule has 1 atom stereocenters. The number of carbonyl (C=O) groups is 1. The van der Waals surface area contributed by atoms with Crippen LogP contribution in [0.1, 0.15) is 18.5 Å². The molecular weight excluding hydrogens is 388 g/mol. The first-order valence-electron chi connectivity index (χ1n) is 7.94. The first-order chi connectivity index (χ1) is 12.8. The quantitative estimate of drug-likeness (QED) is 0.410. The van der Waals surface area contributed by atoms with Gasteiger partial charge in [-0.3, -0.25) is 14.9 Å². The van der Waals surface area contributed by atoms with Gasteiger partial charge >= 0.3 is 0 Å². The van der Waals surface area contributed by atoms with Gasteiger partial charge in [-0.2, -0.15) is 0 Å². The molecule has 1 aliphatic heterocycles. The third-order valence-electron chi connectivity index (χ3n) is 4.03. The molecule has 27 heavy (non-hydrogen) atoms. The number of rotatable bonds is 4. The zero-order chi connectivity index (χ0) is 19.6. The minimum atomic E-state index is -0.515. The molecule has 1 amide bonds. The largest absolute Gasteiger partial charge is 0.351 e. The summed E-state index contributed by atoms with van der Waals surface area (Å²) in [5.41, 5.74) is 2.07. The second-order valence-electron chi connectivity index (χ2n) is 5.88. The zero-order valence-corrected chi connectivity index (χ0v) is 15.7. The lowest BCUT2D eigenvalue weighted by molar-refractivity contribution is -0.384. The Bertz CT molecular complexity index is 959. The number of nitrogens with zero attached hydrogens (tertiary/aromatic N) is 1. The number of hydrogen-bond acceptors (Lipinski definition) is 4. The van der Waals surface area contributed by atoms with Gasteiger partial charge < -0.3 is 16.0 Å². The van der Waals surface area contributed by atoms with Gasteiger partial charge in [-0.05, 0) is 42.9 Å². The van der Waals surface area contributed by atoms with Crippen LogP contribution in [0, 0.1) is 10.1 Å². The summed E-state index contributed by atoms with van der Waals surface area (Å²) in [5.74, 6) is -0.393. The van der Waals surface area contributed by atoms with Crippen molar-refractivity contribution in [1.82, 2.24) is 10.6 Å². The first kappa shape index (κ1) is 18.8. The first-order valence-corrected chi connectivity index (χ1v) is 8.73. The Kier molecular flexibility index (Phi) is 5.38. The van der Waals surface area contributed by atoms with Gasteiger partial charge in [0.05, 0.1) is 16.5 Å². The number of nitro benzene ring substituents is 1. The highest BCUT2D eigenvalue weighted by atomic mass is 35.5. The lowest BCUT2D eigenvalue weighted by Gasteiger charge is -2.30. The van der Waals surface area contributed by atoms with Gasteiger partial charge in [-0.1, -0.05) is 29.8 Å². The monoisotopic (exact) mass is 402 g/mol. The molecule has 0 bridgehead atoms. The van der Waals surface area contributed by atoms with Gasteiger partial charge in [0.15, 0.2) is 5.11 Å². The van der Waals surface area contributed by atoms with E-state index >= 15 is 0 Å². The molecule has 2 aromatic rings. The number of nitro groups is 1. The molecule has 1 unspecified atom stereocenters. The number of halogens is 1. The van der Waals surface area contributed by atoms with Gasteiger partial charge in [0.1, 0.15) is 0 Å². The number of thiocarbonyl (C=S) groups is 1. The van der Waals surface area contributed by atoms with E-state index < -0.39 is 16.9 Å². The number of amides is 1. The molecule has 1 heterocycles. The molecule has 0 aromatic heterocycles. The highest BCUT2D eigenvalue weighted by molar-refractivity contribution is 7.80. The van der Waals surface area contributed by atoms with Crippen molar-refractivity contribution < 1.29 is 9.72 Å². The average molecular weight is 403 g/mol. The summed E-state index contributed by atoms with van der Waals surface area (Å²) in [5, 5.41) is 20.6. The Morgan fingerprint density at radius 2 is 1.96 bits per heavy atom. The molecule has 138 valence electrons. The fourth-order valence-corrected chi connectivity index (χ4v) is 3.19. The number of benzene rings is 2. The third kappa shape index (κ3) is 4.24. The second kappa shape index (κ2) is 7.73. The van der Waals surface area contributed by atoms with Crippen molar-refractivity contribution in [3.05, 3.63) is 80.5 Å². The molecule has 7 nitrogen and oxygen atoms in total. The summed E-state index contributed by atoms with van der Waals surface area (Å²) in [4.78, 5) is 23.3. The van der Waals surface area contributed by atoms with E-state index in [2.05, 4.69) is 16.0 Å². The molecule has 0 aliphatic carbocycles. The number of allylic oxidation sites excluding steroid dienone is 1. The van der Waals surface area contributed by atoms with Crippen molar-refractivity contribution in [1.29, 1.82) is 0 Å². The predicted molar refractivity (Wildman–Crippen MR) is 107 cm³/mol. The standard InChI is InChI=1S/C18H15ClN4O3S/c1-10-15(17(24)21-13-3-2-4-14(9-13)23(25)26)16(22-18(27)20-10)11-5-7-12(19)8-6-11/h2-9,16H,1H3,(H,21,24)(H2,20,22,27). The minimum absolute atomic E-state index is 0.103. The van der Waals surface area contributed by atoms with Gasteiger partial charge in [-0.25, -0.2) is 0 Å². The molecule has 0 fully saturated rings. The van der Waals surface area contributed by atoms with E-state index in [0.29, 0.717) is 27.1 Å². The van der Waals surface area contributed by atoms with Crippen LogP contribution in [-0.2, 0) is 4.79 Å². The normalized spacial score (nSPS) is 16.4. The van der Waals surface area contributed by atoms with Crippen molar-refractivity contribution in [2.24, 2.45) is 0 Å². The summed E-state index contributed by atoms with van der Waals surface area (Å²) in [6, 6.07) is 12.4. The SMILES string of the molecule is CC1=C(C(=O)Nc2cccc([N+](=O)[O-])c2)C(c2ccc(Cl)cc2)NC(=S)N1. The van der Waals surface area contributed by atoms with Crippen molar-refractivity contribution >= 4 is 46.2 Å². The lowest BCUT2D eigenvalue weighted by Crippen LogP contribution is -2.45. The molecule has 0 saturated carbocycles. The highest BCUT2D eigenvalue weighted by Crippen LogP contribution is 2.29. The van der Waals surface area contributed by atoms with Crippen LogP contribution in [0.15, 0.2) is 59.8 Å². The summed E-state index contributed by atoms with van der Waals surface area (Å²) >= 11 is 11.2. The highest BCUT2D eigenvalue weighted by Gasteiger charge is 2.30. The van der Waals surface area contributed by atoms with Gasteiger partial charge in [0.25, 0.3) is 11.6 Å². The number of nitrogens with one attached hydrogen (secondary N) is 3. The predicted octanol–water partition coefficient (Wildman–Crippen LogP) is 3.68. The fourth-order valence-electron chi connectivity index (χ4n) is 2.80. The fraction of sp³-hybridized carbons (Fsp3) is 0.111. The topological polar surface area (TPSA) is 96.3 Å². The van der Waals surface area contributed by atoms with Crippen LogP contribution in [0.3, 0.4) is 0 Å². The Morgan fingerprint density at radius 1 is 1.26 bits per heavy atom. The van der Waals surface area contributed by atoms with E-state index in [4.69, 9.17) is 23.8 Å². The van der Waals surface area contributed by atoms with Crippen LogP contribution in [-0.4, -0.2) is 15.9 Å². The van der Waals surface area contributed by atoms with Crippen LogP contribution >= 0.6 is 23.8 Å². The van der Waals surface area contributed by atoms with Gasteiger partial charge in [0.2, 0.25) is 0 Å². The van der Waals surface area contributed by atoms with Crippen molar-refractivity contribution in [2.45, 2.75) is 13.0 Å². The molecule has 0 radical (unpaired) electrons. The van der Waals surface area contributed by atoms with Crippen LogP contribution < -0.4 is 16.0 Å². The van der Waals surface area contributed by atoms with E-state index in [9.17, 15) is 14.9 Å². The van der Waals surface area contributed by atoms with E-state index in [1.165, 1.54) is 18.2 Å². The van der Waals surface area contributed by atoms with Crippen molar-refractivity contribution in [3.8, 4) is 0 Å². The summed E-state index contributed by atoms with van der Waals surface area (Å²) in [6.45, 7) is 1.75. The Labute approximate surface area is 165 Å². The summed E-state index contributed by atoms with van der Waals surface area (Å²) in [7, 11) is 0. The Balaban J connectivity index is 1.93. The molecule has 2 aromatic carbocycles. The van der Waals surface area contributed by atoms with Crippen molar-refractivity contribution in [3.63, 3.8) is 0 Å². The molecule has 0 saturated heterocycles. The third-order valence-corrected chi connectivity index (χ3v) is 4.50. The van der Waals surface area contributed by atoms with Gasteiger partial charge in [-0.15, -0.1) is 0 Å².